The van der Waals surface area contributed by atoms with Crippen LogP contribution in [-0.4, -0.2) is 23.4 Å². The van der Waals surface area contributed by atoms with Gasteiger partial charge < -0.3 is 14.8 Å². The van der Waals surface area contributed by atoms with E-state index in [0.29, 0.717) is 23.4 Å². The molecule has 1 heterocycles. The Kier molecular flexibility index (Phi) is 4.66. The normalized spacial score (nSPS) is 11.9. The molecular formula is C7H14N3O3PS. The molecule has 2 N–H and O–H groups in total. The van der Waals surface area contributed by atoms with Crippen LogP contribution in [0, 0.1) is 0 Å². The average Bonchev–Trinajstić information content (AvgIpc) is 2.51. The molecule has 0 radical (unpaired) electrons. The number of hydrogen-bond acceptors (Lipinski definition) is 7. The van der Waals surface area contributed by atoms with Crippen molar-refractivity contribution in [2.45, 2.75) is 20.0 Å². The van der Waals surface area contributed by atoms with Crippen molar-refractivity contribution in [2.24, 2.45) is 0 Å². The molecule has 0 unspecified atom stereocenters. The maximum absolute atomic E-state index is 12.0. The minimum Gasteiger partial charge on any atom is -0.374 e. The van der Waals surface area contributed by atoms with Crippen molar-refractivity contribution >= 4 is 24.1 Å². The zero-order valence-corrected chi connectivity index (χ0v) is 10.4. The number of nitrogen functional groups attached to an aromatic ring is 1. The summed E-state index contributed by atoms with van der Waals surface area (Å²) in [6, 6.07) is 0. The van der Waals surface area contributed by atoms with Crippen molar-refractivity contribution < 1.29 is 13.6 Å². The van der Waals surface area contributed by atoms with Gasteiger partial charge in [-0.05, 0) is 13.8 Å². The maximum atomic E-state index is 12.0. The zero-order chi connectivity index (χ0) is 11.3. The van der Waals surface area contributed by atoms with Crippen molar-refractivity contribution in [2.75, 3.05) is 18.9 Å². The highest BCUT2D eigenvalue weighted by Gasteiger charge is 2.26. The first kappa shape index (κ1) is 12.6. The lowest BCUT2D eigenvalue weighted by molar-refractivity contribution is 0.219. The van der Waals surface area contributed by atoms with Crippen LogP contribution in [0.1, 0.15) is 18.9 Å². The first-order valence-corrected chi connectivity index (χ1v) is 7.10. The third-order valence-electron chi connectivity index (χ3n) is 1.46. The van der Waals surface area contributed by atoms with Crippen molar-refractivity contribution in [3.8, 4) is 0 Å². The van der Waals surface area contributed by atoms with Gasteiger partial charge >= 0.3 is 7.60 Å². The van der Waals surface area contributed by atoms with Gasteiger partial charge in [-0.1, -0.05) is 11.3 Å². The molecule has 0 saturated heterocycles. The molecule has 8 heteroatoms. The molecule has 0 fully saturated rings. The second kappa shape index (κ2) is 5.55. The Morgan fingerprint density at radius 2 is 1.93 bits per heavy atom. The summed E-state index contributed by atoms with van der Waals surface area (Å²) < 4.78 is 22.3. The zero-order valence-electron chi connectivity index (χ0n) is 8.67. The van der Waals surface area contributed by atoms with E-state index in [0.717, 1.165) is 0 Å². The van der Waals surface area contributed by atoms with E-state index in [2.05, 4.69) is 10.2 Å². The molecule has 0 amide bonds. The largest absolute Gasteiger partial charge is 0.374 e. The molecule has 0 aliphatic rings. The van der Waals surface area contributed by atoms with E-state index in [1.165, 1.54) is 11.3 Å². The minimum absolute atomic E-state index is 0.129. The first-order chi connectivity index (χ1) is 7.09. The third kappa shape index (κ3) is 3.87. The number of hydrogen-bond donors (Lipinski definition) is 1. The van der Waals surface area contributed by atoms with E-state index in [1.807, 2.05) is 0 Å². The first-order valence-electron chi connectivity index (χ1n) is 4.55. The molecule has 0 aromatic carbocycles. The average molecular weight is 251 g/mol. The van der Waals surface area contributed by atoms with Gasteiger partial charge in [-0.3, -0.25) is 4.57 Å². The van der Waals surface area contributed by atoms with Crippen molar-refractivity contribution in [3.05, 3.63) is 5.01 Å². The highest BCUT2D eigenvalue weighted by molar-refractivity contribution is 7.53. The van der Waals surface area contributed by atoms with Gasteiger partial charge in [-0.15, -0.1) is 10.2 Å². The molecule has 1 aromatic heterocycles. The molecule has 0 spiro atoms. The second-order valence-corrected chi connectivity index (χ2v) is 5.79. The van der Waals surface area contributed by atoms with Crippen LogP contribution in [0.3, 0.4) is 0 Å². The Hall–Kier alpha value is -0.490. The standard InChI is InChI=1S/C7H14N3O3PS/c1-3-12-14(11,13-4-2)5-6-9-10-7(8)15-6/h3-5H2,1-2H3,(H2,8,10). The number of anilines is 1. The van der Waals surface area contributed by atoms with Crippen LogP contribution in [0.15, 0.2) is 0 Å². The highest BCUT2D eigenvalue weighted by atomic mass is 32.1. The lowest BCUT2D eigenvalue weighted by atomic mass is 10.9. The molecule has 0 aliphatic carbocycles. The quantitative estimate of drug-likeness (QED) is 0.777. The molecular weight excluding hydrogens is 237 g/mol. The number of nitrogens with two attached hydrogens (primary N) is 1. The molecule has 1 aromatic rings. The van der Waals surface area contributed by atoms with Crippen LogP contribution >= 0.6 is 18.9 Å². The smallest absolute Gasteiger partial charge is 0.337 e. The number of nitrogens with zero attached hydrogens (tertiary/aromatic N) is 2. The van der Waals surface area contributed by atoms with Gasteiger partial charge in [-0.25, -0.2) is 0 Å². The van der Waals surface area contributed by atoms with Gasteiger partial charge in [0.15, 0.2) is 0 Å². The fourth-order valence-electron chi connectivity index (χ4n) is 1.02. The van der Waals surface area contributed by atoms with E-state index < -0.39 is 7.60 Å². The van der Waals surface area contributed by atoms with E-state index in [9.17, 15) is 4.57 Å². The van der Waals surface area contributed by atoms with Gasteiger partial charge in [-0.2, -0.15) is 0 Å². The predicted octanol–water partition coefficient (Wildman–Crippen LogP) is 1.89. The molecule has 0 saturated carbocycles. The Morgan fingerprint density at radius 1 is 1.33 bits per heavy atom. The summed E-state index contributed by atoms with van der Waals surface area (Å²) in [7, 11) is -3.08. The van der Waals surface area contributed by atoms with Gasteiger partial charge in [0.05, 0.1) is 13.2 Å². The SMILES string of the molecule is CCOP(=O)(Cc1nnc(N)s1)OCC. The molecule has 0 bridgehead atoms. The van der Waals surface area contributed by atoms with Gasteiger partial charge in [0, 0.05) is 0 Å². The van der Waals surface area contributed by atoms with Gasteiger partial charge in [0.1, 0.15) is 11.2 Å². The molecule has 15 heavy (non-hydrogen) atoms. The number of rotatable bonds is 6. The van der Waals surface area contributed by atoms with E-state index >= 15 is 0 Å². The summed E-state index contributed by atoms with van der Waals surface area (Å²) in [6.07, 6.45) is 0.129. The topological polar surface area (TPSA) is 87.3 Å². The molecule has 0 aliphatic heterocycles. The highest BCUT2D eigenvalue weighted by Crippen LogP contribution is 2.51. The van der Waals surface area contributed by atoms with Crippen molar-refractivity contribution in [1.29, 1.82) is 0 Å². The lowest BCUT2D eigenvalue weighted by Crippen LogP contribution is -1.98. The van der Waals surface area contributed by atoms with Crippen molar-refractivity contribution in [1.82, 2.24) is 10.2 Å². The summed E-state index contributed by atoms with van der Waals surface area (Å²) in [5.41, 5.74) is 5.42. The Labute approximate surface area is 92.3 Å². The summed E-state index contributed by atoms with van der Waals surface area (Å²) in [6.45, 7) is 4.21. The van der Waals surface area contributed by atoms with Crippen LogP contribution in [0.25, 0.3) is 0 Å². The van der Waals surface area contributed by atoms with Gasteiger partial charge in [0.2, 0.25) is 5.13 Å². The predicted molar refractivity (Wildman–Crippen MR) is 58.9 cm³/mol. The van der Waals surface area contributed by atoms with E-state index in [4.69, 9.17) is 14.8 Å². The Morgan fingerprint density at radius 3 is 2.33 bits per heavy atom. The fourth-order valence-corrected chi connectivity index (χ4v) is 3.59. The van der Waals surface area contributed by atoms with Crippen LogP contribution < -0.4 is 5.73 Å². The van der Waals surface area contributed by atoms with Crippen molar-refractivity contribution in [3.63, 3.8) is 0 Å². The van der Waals surface area contributed by atoms with Crippen LogP contribution in [0.4, 0.5) is 5.13 Å². The minimum atomic E-state index is -3.08. The third-order valence-corrected chi connectivity index (χ3v) is 4.42. The summed E-state index contributed by atoms with van der Waals surface area (Å²) in [5, 5.41) is 8.33. The molecule has 86 valence electrons. The molecule has 0 atom stereocenters. The van der Waals surface area contributed by atoms with E-state index in [-0.39, 0.29) is 6.16 Å². The summed E-state index contributed by atoms with van der Waals surface area (Å²) in [5.74, 6) is 0. The van der Waals surface area contributed by atoms with Crippen LogP contribution in [-0.2, 0) is 19.8 Å². The second-order valence-electron chi connectivity index (χ2n) is 2.64. The van der Waals surface area contributed by atoms with Gasteiger partial charge in [0.25, 0.3) is 0 Å². The monoisotopic (exact) mass is 251 g/mol. The van der Waals surface area contributed by atoms with Crippen LogP contribution in [0.2, 0.25) is 0 Å². The molecule has 6 nitrogen and oxygen atoms in total. The number of aromatic nitrogens is 2. The van der Waals surface area contributed by atoms with E-state index in [1.54, 1.807) is 13.8 Å². The lowest BCUT2D eigenvalue weighted by Gasteiger charge is -2.14. The summed E-state index contributed by atoms with van der Waals surface area (Å²) >= 11 is 1.19. The van der Waals surface area contributed by atoms with Crippen LogP contribution in [0.5, 0.6) is 0 Å². The maximum Gasteiger partial charge on any atom is 0.337 e. The fraction of sp³-hybridized carbons (Fsp3) is 0.714. The molecule has 1 rings (SSSR count). The Bertz CT molecular complexity index is 347. The Balaban J connectivity index is 2.70. The summed E-state index contributed by atoms with van der Waals surface area (Å²) in [4.78, 5) is 0.